The molecule has 1 aliphatic carbocycles. The fourth-order valence-corrected chi connectivity index (χ4v) is 3.17. The van der Waals surface area contributed by atoms with E-state index in [0.717, 1.165) is 5.92 Å². The Morgan fingerprint density at radius 3 is 2.40 bits per heavy atom. The van der Waals surface area contributed by atoms with Crippen LogP contribution in [0.2, 0.25) is 0 Å². The molecule has 0 spiro atoms. The van der Waals surface area contributed by atoms with Gasteiger partial charge in [0.15, 0.2) is 0 Å². The summed E-state index contributed by atoms with van der Waals surface area (Å²) >= 11 is 0. The molecule has 2 nitrogen and oxygen atoms in total. The maximum atomic E-state index is 3.74. The van der Waals surface area contributed by atoms with Crippen molar-refractivity contribution in [1.29, 1.82) is 0 Å². The molecule has 1 aromatic carbocycles. The second-order valence-electron chi connectivity index (χ2n) is 7.49. The molecular formula is C18H28N2. The van der Waals surface area contributed by atoms with E-state index in [2.05, 4.69) is 55.3 Å². The Bertz CT molecular complexity index is 439. The first-order valence-electron chi connectivity index (χ1n) is 8.13. The SMILES string of the molecule is CC(C)(C)c1ccc(N2CCCNC(C3CC3)C2)cc1. The third-order valence-electron chi connectivity index (χ3n) is 4.72. The quantitative estimate of drug-likeness (QED) is 0.885. The van der Waals surface area contributed by atoms with Crippen LogP contribution < -0.4 is 10.2 Å². The van der Waals surface area contributed by atoms with Crippen LogP contribution >= 0.6 is 0 Å². The first-order valence-corrected chi connectivity index (χ1v) is 8.13. The summed E-state index contributed by atoms with van der Waals surface area (Å²) in [6.07, 6.45) is 4.10. The monoisotopic (exact) mass is 272 g/mol. The molecule has 0 aromatic heterocycles. The Kier molecular flexibility index (Phi) is 3.76. The fraction of sp³-hybridized carbons (Fsp3) is 0.667. The molecule has 2 heteroatoms. The van der Waals surface area contributed by atoms with E-state index in [9.17, 15) is 0 Å². The molecule has 1 aliphatic heterocycles. The zero-order chi connectivity index (χ0) is 14.2. The number of anilines is 1. The van der Waals surface area contributed by atoms with E-state index in [4.69, 9.17) is 0 Å². The van der Waals surface area contributed by atoms with Crippen molar-refractivity contribution < 1.29 is 0 Å². The highest BCUT2D eigenvalue weighted by Gasteiger charge is 2.33. The molecule has 1 atom stereocenters. The number of benzene rings is 1. The Hall–Kier alpha value is -1.02. The summed E-state index contributed by atoms with van der Waals surface area (Å²) in [5.74, 6) is 0.935. The van der Waals surface area contributed by atoms with Crippen molar-refractivity contribution in [3.63, 3.8) is 0 Å². The molecule has 0 amide bonds. The highest BCUT2D eigenvalue weighted by atomic mass is 15.2. The molecule has 1 saturated heterocycles. The molecule has 1 heterocycles. The molecule has 110 valence electrons. The lowest BCUT2D eigenvalue weighted by Gasteiger charge is -2.27. The van der Waals surface area contributed by atoms with Gasteiger partial charge in [-0.3, -0.25) is 0 Å². The minimum atomic E-state index is 0.245. The average molecular weight is 272 g/mol. The van der Waals surface area contributed by atoms with Crippen molar-refractivity contribution >= 4 is 5.69 Å². The molecule has 3 rings (SSSR count). The van der Waals surface area contributed by atoms with Crippen molar-refractivity contribution in [3.05, 3.63) is 29.8 Å². The summed E-state index contributed by atoms with van der Waals surface area (Å²) in [4.78, 5) is 2.58. The lowest BCUT2D eigenvalue weighted by molar-refractivity contribution is 0.490. The first kappa shape index (κ1) is 13.9. The molecule has 1 saturated carbocycles. The summed E-state index contributed by atoms with van der Waals surface area (Å²) in [6.45, 7) is 10.4. The van der Waals surface area contributed by atoms with Crippen LogP contribution in [0.4, 0.5) is 5.69 Å². The molecule has 0 bridgehead atoms. The third kappa shape index (κ3) is 3.17. The van der Waals surface area contributed by atoms with E-state index in [-0.39, 0.29) is 5.41 Å². The van der Waals surface area contributed by atoms with E-state index in [1.807, 2.05) is 0 Å². The smallest absolute Gasteiger partial charge is 0.0366 e. The van der Waals surface area contributed by atoms with Gasteiger partial charge < -0.3 is 10.2 Å². The molecule has 1 unspecified atom stereocenters. The standard InChI is InChI=1S/C18H28N2/c1-18(2,3)15-7-9-16(10-8-15)20-12-4-11-19-17(13-20)14-5-6-14/h7-10,14,17,19H,4-6,11-13H2,1-3H3. The van der Waals surface area contributed by atoms with Crippen molar-refractivity contribution in [2.45, 2.75) is 51.5 Å². The molecule has 0 radical (unpaired) electrons. The van der Waals surface area contributed by atoms with Crippen LogP contribution in [0.1, 0.15) is 45.6 Å². The van der Waals surface area contributed by atoms with E-state index < -0.39 is 0 Å². The van der Waals surface area contributed by atoms with Crippen molar-refractivity contribution in [1.82, 2.24) is 5.32 Å². The van der Waals surface area contributed by atoms with Crippen molar-refractivity contribution in [2.24, 2.45) is 5.92 Å². The van der Waals surface area contributed by atoms with E-state index in [1.165, 1.54) is 50.1 Å². The first-order chi connectivity index (χ1) is 9.54. The van der Waals surface area contributed by atoms with Gasteiger partial charge in [0.1, 0.15) is 0 Å². The summed E-state index contributed by atoms with van der Waals surface area (Å²) in [5.41, 5.74) is 3.07. The van der Waals surface area contributed by atoms with Crippen LogP contribution in [0.25, 0.3) is 0 Å². The number of rotatable bonds is 2. The number of nitrogens with one attached hydrogen (secondary N) is 1. The lowest BCUT2D eigenvalue weighted by atomic mass is 9.87. The Balaban J connectivity index is 1.73. The van der Waals surface area contributed by atoms with Crippen LogP contribution in [0, 0.1) is 5.92 Å². The number of hydrogen-bond acceptors (Lipinski definition) is 2. The Labute approximate surface area is 123 Å². The lowest BCUT2D eigenvalue weighted by Crippen LogP contribution is -2.39. The highest BCUT2D eigenvalue weighted by Crippen LogP contribution is 2.34. The normalized spacial score (nSPS) is 24.6. The summed E-state index contributed by atoms with van der Waals surface area (Å²) < 4.78 is 0. The largest absolute Gasteiger partial charge is 0.370 e. The fourth-order valence-electron chi connectivity index (χ4n) is 3.17. The zero-order valence-corrected chi connectivity index (χ0v) is 13.2. The molecule has 2 fully saturated rings. The van der Waals surface area contributed by atoms with Crippen LogP contribution in [0.15, 0.2) is 24.3 Å². The number of nitrogens with zero attached hydrogens (tertiary/aromatic N) is 1. The minimum absolute atomic E-state index is 0.245. The van der Waals surface area contributed by atoms with E-state index >= 15 is 0 Å². The zero-order valence-electron chi connectivity index (χ0n) is 13.2. The number of hydrogen-bond donors (Lipinski definition) is 1. The van der Waals surface area contributed by atoms with Gasteiger partial charge in [-0.2, -0.15) is 0 Å². The maximum Gasteiger partial charge on any atom is 0.0366 e. The predicted molar refractivity (Wildman–Crippen MR) is 86.5 cm³/mol. The van der Waals surface area contributed by atoms with Crippen molar-refractivity contribution in [2.75, 3.05) is 24.5 Å². The van der Waals surface area contributed by atoms with Gasteiger partial charge in [0.2, 0.25) is 0 Å². The molecule has 1 N–H and O–H groups in total. The Morgan fingerprint density at radius 2 is 1.80 bits per heavy atom. The molecule has 20 heavy (non-hydrogen) atoms. The van der Waals surface area contributed by atoms with Crippen LogP contribution in [-0.2, 0) is 5.41 Å². The van der Waals surface area contributed by atoms with Crippen LogP contribution in [0.3, 0.4) is 0 Å². The maximum absolute atomic E-state index is 3.74. The topological polar surface area (TPSA) is 15.3 Å². The van der Waals surface area contributed by atoms with Gasteiger partial charge >= 0.3 is 0 Å². The van der Waals surface area contributed by atoms with Gasteiger partial charge in [-0.25, -0.2) is 0 Å². The van der Waals surface area contributed by atoms with Gasteiger partial charge in [0.25, 0.3) is 0 Å². The van der Waals surface area contributed by atoms with Gasteiger partial charge in [-0.05, 0) is 54.8 Å². The highest BCUT2D eigenvalue weighted by molar-refractivity contribution is 5.49. The third-order valence-corrected chi connectivity index (χ3v) is 4.72. The van der Waals surface area contributed by atoms with Crippen LogP contribution in [0.5, 0.6) is 0 Å². The van der Waals surface area contributed by atoms with E-state index in [1.54, 1.807) is 0 Å². The Morgan fingerprint density at radius 1 is 1.10 bits per heavy atom. The van der Waals surface area contributed by atoms with Gasteiger partial charge in [-0.1, -0.05) is 32.9 Å². The second-order valence-corrected chi connectivity index (χ2v) is 7.49. The molecule has 2 aliphatic rings. The average Bonchev–Trinajstić information content (AvgIpc) is 3.24. The van der Waals surface area contributed by atoms with Crippen molar-refractivity contribution in [3.8, 4) is 0 Å². The van der Waals surface area contributed by atoms with Crippen LogP contribution in [-0.4, -0.2) is 25.7 Å². The van der Waals surface area contributed by atoms with E-state index in [0.29, 0.717) is 6.04 Å². The van der Waals surface area contributed by atoms with Gasteiger partial charge in [0.05, 0.1) is 0 Å². The predicted octanol–water partition coefficient (Wildman–Crippen LogP) is 3.56. The molecule has 1 aromatic rings. The summed E-state index contributed by atoms with van der Waals surface area (Å²) in [5, 5.41) is 3.74. The summed E-state index contributed by atoms with van der Waals surface area (Å²) in [6, 6.07) is 9.95. The van der Waals surface area contributed by atoms with Gasteiger partial charge in [0, 0.05) is 24.8 Å². The summed E-state index contributed by atoms with van der Waals surface area (Å²) in [7, 11) is 0. The molecular weight excluding hydrogens is 244 g/mol. The second kappa shape index (κ2) is 5.40. The van der Waals surface area contributed by atoms with Gasteiger partial charge in [-0.15, -0.1) is 0 Å². The minimum Gasteiger partial charge on any atom is -0.370 e.